The van der Waals surface area contributed by atoms with Crippen molar-refractivity contribution in [2.75, 3.05) is 6.61 Å². The molecule has 0 radical (unpaired) electrons. The van der Waals surface area contributed by atoms with Gasteiger partial charge in [0.1, 0.15) is 5.78 Å². The van der Waals surface area contributed by atoms with E-state index in [0.29, 0.717) is 13.0 Å². The third-order valence-corrected chi connectivity index (χ3v) is 1.94. The summed E-state index contributed by atoms with van der Waals surface area (Å²) in [6.45, 7) is 3.82. The van der Waals surface area contributed by atoms with Crippen molar-refractivity contribution >= 4 is 11.8 Å². The Bertz CT molecular complexity index is 219. The van der Waals surface area contributed by atoms with Gasteiger partial charge in [0, 0.05) is 12.5 Å². The number of unbranched alkanes of at least 4 members (excludes halogenated alkanes) is 3. The lowest BCUT2D eigenvalue weighted by atomic mass is 10.1. The number of ketones is 1. The van der Waals surface area contributed by atoms with Gasteiger partial charge in [-0.15, -0.1) is 0 Å². The second kappa shape index (κ2) is 9.44. The molecule has 0 saturated heterocycles. The van der Waals surface area contributed by atoms with Crippen LogP contribution in [0.1, 0.15) is 46.0 Å². The molecular weight excluding hydrogens is 192 g/mol. The minimum atomic E-state index is -0.277. The summed E-state index contributed by atoms with van der Waals surface area (Å²) in [5.74, 6) is -0.0294. The van der Waals surface area contributed by atoms with Gasteiger partial charge in [-0.25, -0.2) is 4.79 Å². The summed E-state index contributed by atoms with van der Waals surface area (Å²) in [7, 11) is 0. The molecule has 0 heterocycles. The highest BCUT2D eigenvalue weighted by Crippen LogP contribution is 2.04. The monoisotopic (exact) mass is 212 g/mol. The summed E-state index contributed by atoms with van der Waals surface area (Å²) in [6.07, 6.45) is 7.83. The van der Waals surface area contributed by atoms with E-state index in [9.17, 15) is 9.59 Å². The Kier molecular flexibility index (Phi) is 8.73. The molecule has 0 fully saturated rings. The van der Waals surface area contributed by atoms with E-state index < -0.39 is 0 Å². The smallest absolute Gasteiger partial charge is 0.330 e. The number of esters is 1. The highest BCUT2D eigenvalue weighted by atomic mass is 16.5. The van der Waals surface area contributed by atoms with Crippen molar-refractivity contribution in [3.05, 3.63) is 12.2 Å². The second-order valence-electron chi connectivity index (χ2n) is 3.46. The van der Waals surface area contributed by atoms with Gasteiger partial charge in [-0.3, -0.25) is 0 Å². The average molecular weight is 212 g/mol. The molecule has 3 nitrogen and oxygen atoms in total. The summed E-state index contributed by atoms with van der Waals surface area (Å²) in [4.78, 5) is 21.5. The van der Waals surface area contributed by atoms with Crippen molar-refractivity contribution in [3.8, 4) is 0 Å². The molecule has 0 N–H and O–H groups in total. The summed E-state index contributed by atoms with van der Waals surface area (Å²) >= 11 is 0. The van der Waals surface area contributed by atoms with Crippen LogP contribution in [0.5, 0.6) is 0 Å². The van der Waals surface area contributed by atoms with Gasteiger partial charge in [0.05, 0.1) is 6.61 Å². The molecule has 0 amide bonds. The number of hydrogen-bond acceptors (Lipinski definition) is 3. The Balaban J connectivity index is 3.30. The van der Waals surface area contributed by atoms with Gasteiger partial charge in [-0.2, -0.15) is 0 Å². The first-order valence-electron chi connectivity index (χ1n) is 5.49. The van der Waals surface area contributed by atoms with Crippen LogP contribution in [-0.2, 0) is 14.3 Å². The lowest BCUT2D eigenvalue weighted by Crippen LogP contribution is -1.98. The summed E-state index contributed by atoms with van der Waals surface area (Å²) in [5.41, 5.74) is 0. The third-order valence-electron chi connectivity index (χ3n) is 1.94. The molecular formula is C12H20O3. The number of ether oxygens (including phenoxy) is 1. The van der Waals surface area contributed by atoms with Crippen molar-refractivity contribution in [2.45, 2.75) is 46.0 Å². The molecule has 86 valence electrons. The van der Waals surface area contributed by atoms with Crippen LogP contribution < -0.4 is 0 Å². The molecule has 0 aliphatic heterocycles. The molecule has 0 aromatic heterocycles. The topological polar surface area (TPSA) is 43.4 Å². The van der Waals surface area contributed by atoms with E-state index in [4.69, 9.17) is 4.74 Å². The van der Waals surface area contributed by atoms with Gasteiger partial charge in [0.2, 0.25) is 0 Å². The van der Waals surface area contributed by atoms with E-state index in [-0.39, 0.29) is 11.8 Å². The molecule has 0 unspecified atom stereocenters. The highest BCUT2D eigenvalue weighted by molar-refractivity contribution is 5.81. The first-order chi connectivity index (χ1) is 7.16. The summed E-state index contributed by atoms with van der Waals surface area (Å²) < 4.78 is 4.73. The van der Waals surface area contributed by atoms with Gasteiger partial charge in [-0.05, 0) is 33.1 Å². The normalized spacial score (nSPS) is 10.5. The van der Waals surface area contributed by atoms with E-state index in [1.807, 2.05) is 6.08 Å². The van der Waals surface area contributed by atoms with Gasteiger partial charge < -0.3 is 9.53 Å². The zero-order valence-electron chi connectivity index (χ0n) is 9.62. The molecule has 0 spiro atoms. The van der Waals surface area contributed by atoms with E-state index in [2.05, 4.69) is 0 Å². The SMILES string of the molecule is CCOC(=O)C=CCCCCCC(C)=O. The van der Waals surface area contributed by atoms with Crippen molar-refractivity contribution < 1.29 is 14.3 Å². The van der Waals surface area contributed by atoms with E-state index in [0.717, 1.165) is 25.7 Å². The molecule has 0 aliphatic rings. The molecule has 0 saturated carbocycles. The number of carbonyl (C=O) groups excluding carboxylic acids is 2. The Morgan fingerprint density at radius 2 is 1.93 bits per heavy atom. The first-order valence-corrected chi connectivity index (χ1v) is 5.49. The fourth-order valence-electron chi connectivity index (χ4n) is 1.18. The van der Waals surface area contributed by atoms with Crippen LogP contribution >= 0.6 is 0 Å². The first kappa shape index (κ1) is 13.9. The highest BCUT2D eigenvalue weighted by Gasteiger charge is 1.94. The van der Waals surface area contributed by atoms with Crippen LogP contribution in [0.25, 0.3) is 0 Å². The average Bonchev–Trinajstić information content (AvgIpc) is 2.16. The Labute approximate surface area is 91.5 Å². The predicted molar refractivity (Wildman–Crippen MR) is 59.5 cm³/mol. The minimum absolute atomic E-state index is 0.247. The van der Waals surface area contributed by atoms with E-state index >= 15 is 0 Å². The lowest BCUT2D eigenvalue weighted by molar-refractivity contribution is -0.137. The van der Waals surface area contributed by atoms with Crippen LogP contribution in [0.2, 0.25) is 0 Å². The Hall–Kier alpha value is -1.12. The quantitative estimate of drug-likeness (QED) is 0.353. The van der Waals surface area contributed by atoms with Crippen molar-refractivity contribution in [1.82, 2.24) is 0 Å². The van der Waals surface area contributed by atoms with Crippen LogP contribution in [0.15, 0.2) is 12.2 Å². The van der Waals surface area contributed by atoms with Gasteiger partial charge in [-0.1, -0.05) is 12.5 Å². The van der Waals surface area contributed by atoms with E-state index in [1.165, 1.54) is 6.08 Å². The van der Waals surface area contributed by atoms with Gasteiger partial charge >= 0.3 is 5.97 Å². The van der Waals surface area contributed by atoms with Crippen molar-refractivity contribution in [3.63, 3.8) is 0 Å². The Morgan fingerprint density at radius 3 is 2.53 bits per heavy atom. The summed E-state index contributed by atoms with van der Waals surface area (Å²) in [6, 6.07) is 0. The van der Waals surface area contributed by atoms with Gasteiger partial charge in [0.25, 0.3) is 0 Å². The maximum absolute atomic E-state index is 10.9. The molecule has 0 aromatic rings. The molecule has 0 bridgehead atoms. The number of allylic oxidation sites excluding steroid dienone is 1. The number of Topliss-reactive ketones (excluding diaryl/α,β-unsaturated/α-hetero) is 1. The minimum Gasteiger partial charge on any atom is -0.463 e. The largest absolute Gasteiger partial charge is 0.463 e. The third kappa shape index (κ3) is 10.8. The molecule has 15 heavy (non-hydrogen) atoms. The van der Waals surface area contributed by atoms with Crippen molar-refractivity contribution in [1.29, 1.82) is 0 Å². The van der Waals surface area contributed by atoms with Crippen LogP contribution in [0.4, 0.5) is 0 Å². The van der Waals surface area contributed by atoms with Crippen LogP contribution in [0.3, 0.4) is 0 Å². The molecule has 3 heteroatoms. The number of carbonyl (C=O) groups is 2. The molecule has 0 aliphatic carbocycles. The number of rotatable bonds is 8. The number of hydrogen-bond donors (Lipinski definition) is 0. The van der Waals surface area contributed by atoms with E-state index in [1.54, 1.807) is 13.8 Å². The lowest BCUT2D eigenvalue weighted by Gasteiger charge is -1.96. The Morgan fingerprint density at radius 1 is 1.20 bits per heavy atom. The molecule has 0 aromatic carbocycles. The fraction of sp³-hybridized carbons (Fsp3) is 0.667. The zero-order valence-corrected chi connectivity index (χ0v) is 9.62. The fourth-order valence-corrected chi connectivity index (χ4v) is 1.18. The standard InChI is InChI=1S/C12H20O3/c1-3-15-12(14)10-8-6-4-5-7-9-11(2)13/h8,10H,3-7,9H2,1-2H3. The molecule has 0 atom stereocenters. The summed E-state index contributed by atoms with van der Waals surface area (Å²) in [5, 5.41) is 0. The predicted octanol–water partition coefficient (Wildman–Crippen LogP) is 2.65. The zero-order chi connectivity index (χ0) is 11.5. The molecule has 0 rings (SSSR count). The van der Waals surface area contributed by atoms with Crippen LogP contribution in [-0.4, -0.2) is 18.4 Å². The van der Waals surface area contributed by atoms with Crippen LogP contribution in [0, 0.1) is 0 Å². The maximum Gasteiger partial charge on any atom is 0.330 e. The van der Waals surface area contributed by atoms with Gasteiger partial charge in [0.15, 0.2) is 0 Å². The van der Waals surface area contributed by atoms with Crippen molar-refractivity contribution in [2.24, 2.45) is 0 Å². The second-order valence-corrected chi connectivity index (χ2v) is 3.46. The maximum atomic E-state index is 10.9.